The van der Waals surface area contributed by atoms with Gasteiger partial charge in [-0.15, -0.1) is 0 Å². The van der Waals surface area contributed by atoms with Crippen LogP contribution in [0.25, 0.3) is 22.3 Å². The van der Waals surface area contributed by atoms with Crippen LogP contribution < -0.4 is 14.5 Å². The lowest BCUT2D eigenvalue weighted by Gasteiger charge is -2.37. The van der Waals surface area contributed by atoms with Crippen molar-refractivity contribution in [2.24, 2.45) is 0 Å². The third kappa shape index (κ3) is 7.08. The largest absolute Gasteiger partial charge is 0.496 e. The Morgan fingerprint density at radius 2 is 1.64 bits per heavy atom. The second-order valence-electron chi connectivity index (χ2n) is 9.99. The molecule has 1 aromatic carbocycles. The van der Waals surface area contributed by atoms with E-state index in [2.05, 4.69) is 28.0 Å². The highest BCUT2D eigenvalue weighted by Gasteiger charge is 2.33. The predicted octanol–water partition coefficient (Wildman–Crippen LogP) is 2.88. The molecule has 2 aromatic heterocycles. The summed E-state index contributed by atoms with van der Waals surface area (Å²) in [6.07, 6.45) is 0. The minimum absolute atomic E-state index is 0.0792. The van der Waals surface area contributed by atoms with Crippen molar-refractivity contribution < 1.29 is 46.9 Å². The Morgan fingerprint density at radius 1 is 0.952 bits per heavy atom. The average Bonchev–Trinajstić information content (AvgIpc) is 2.94. The third-order valence-electron chi connectivity index (χ3n) is 6.96. The standard InChI is InChI=1S/C25H33N5O10P2/c1-16-13-37-10-8-29(16)24-20-5-6-21(26-23(20)27-25(28-24)30-9-11-38-14-17(30)2)18-4-7-22(36-3)19(12-18)15-39-42(34,35)40-41(31,32)33/h4-7,12,16-17H,8-11,13-15H2,1-3H3,(H,34,35)(H2,31,32,33)/t16-,17-/m0/s1. The Morgan fingerprint density at radius 3 is 2.29 bits per heavy atom. The molecule has 3 N–H and O–H groups in total. The Labute approximate surface area is 242 Å². The molecule has 5 rings (SSSR count). The number of benzene rings is 1. The van der Waals surface area contributed by atoms with E-state index >= 15 is 0 Å². The number of aromatic nitrogens is 3. The van der Waals surface area contributed by atoms with Crippen LogP contribution in [-0.4, -0.2) is 88.3 Å². The summed E-state index contributed by atoms with van der Waals surface area (Å²) in [4.78, 5) is 46.5. The summed E-state index contributed by atoms with van der Waals surface area (Å²) in [5.41, 5.74) is 2.01. The molecule has 228 valence electrons. The molecule has 3 aromatic rings. The summed E-state index contributed by atoms with van der Waals surface area (Å²) >= 11 is 0. The van der Waals surface area contributed by atoms with Crippen LogP contribution in [0, 0.1) is 0 Å². The molecule has 0 amide bonds. The molecule has 0 bridgehead atoms. The lowest BCUT2D eigenvalue weighted by molar-refractivity contribution is 0.0973. The molecule has 4 heterocycles. The fraction of sp³-hybridized carbons (Fsp3) is 0.480. The Kier molecular flexibility index (Phi) is 9.14. The topological polar surface area (TPSA) is 186 Å². The van der Waals surface area contributed by atoms with Crippen LogP contribution in [0.2, 0.25) is 0 Å². The van der Waals surface area contributed by atoms with Gasteiger partial charge in [0, 0.05) is 24.2 Å². The molecular formula is C25H33N5O10P2. The van der Waals surface area contributed by atoms with Crippen molar-refractivity contribution in [1.29, 1.82) is 0 Å². The number of morpholine rings is 2. The van der Waals surface area contributed by atoms with E-state index in [9.17, 15) is 14.0 Å². The number of phosphoric ester groups is 1. The van der Waals surface area contributed by atoms with Gasteiger partial charge in [-0.05, 0) is 44.2 Å². The van der Waals surface area contributed by atoms with Crippen LogP contribution in [0.5, 0.6) is 5.75 Å². The molecule has 2 fully saturated rings. The van der Waals surface area contributed by atoms with E-state index in [0.29, 0.717) is 73.7 Å². The molecule has 17 heteroatoms. The number of nitrogens with zero attached hydrogens (tertiary/aromatic N) is 5. The van der Waals surface area contributed by atoms with E-state index in [1.807, 2.05) is 12.1 Å². The normalized spacial score (nSPS) is 21.4. The summed E-state index contributed by atoms with van der Waals surface area (Å²) in [6.45, 7) is 7.24. The molecule has 15 nitrogen and oxygen atoms in total. The van der Waals surface area contributed by atoms with Gasteiger partial charge in [0.2, 0.25) is 5.95 Å². The smallest absolute Gasteiger partial charge is 0.481 e. The van der Waals surface area contributed by atoms with E-state index in [4.69, 9.17) is 43.5 Å². The van der Waals surface area contributed by atoms with Crippen molar-refractivity contribution in [2.75, 3.05) is 56.4 Å². The van der Waals surface area contributed by atoms with Crippen molar-refractivity contribution in [3.05, 3.63) is 35.9 Å². The first kappa shape index (κ1) is 30.7. The molecule has 0 aliphatic carbocycles. The van der Waals surface area contributed by atoms with Gasteiger partial charge in [-0.2, -0.15) is 14.3 Å². The molecule has 0 radical (unpaired) electrons. The van der Waals surface area contributed by atoms with Crippen molar-refractivity contribution in [2.45, 2.75) is 32.5 Å². The summed E-state index contributed by atoms with van der Waals surface area (Å²) in [7, 11) is -8.90. The van der Waals surface area contributed by atoms with E-state index in [1.54, 1.807) is 18.2 Å². The number of fused-ring (bicyclic) bond motifs is 1. The van der Waals surface area contributed by atoms with Crippen LogP contribution in [0.1, 0.15) is 19.4 Å². The zero-order valence-electron chi connectivity index (χ0n) is 23.3. The second kappa shape index (κ2) is 12.5. The van der Waals surface area contributed by atoms with E-state index < -0.39 is 22.3 Å². The summed E-state index contributed by atoms with van der Waals surface area (Å²) < 4.78 is 48.3. The van der Waals surface area contributed by atoms with Crippen LogP contribution in [-0.2, 0) is 34.0 Å². The molecule has 0 saturated carbocycles. The zero-order chi connectivity index (χ0) is 30.1. The van der Waals surface area contributed by atoms with Crippen molar-refractivity contribution in [1.82, 2.24) is 15.0 Å². The van der Waals surface area contributed by atoms with Gasteiger partial charge in [0.1, 0.15) is 11.6 Å². The van der Waals surface area contributed by atoms with Gasteiger partial charge in [-0.3, -0.25) is 4.52 Å². The van der Waals surface area contributed by atoms with E-state index in [0.717, 1.165) is 11.2 Å². The predicted molar refractivity (Wildman–Crippen MR) is 152 cm³/mol. The molecular weight excluding hydrogens is 592 g/mol. The first-order chi connectivity index (χ1) is 19.9. The maximum absolute atomic E-state index is 12.0. The zero-order valence-corrected chi connectivity index (χ0v) is 25.1. The van der Waals surface area contributed by atoms with Crippen molar-refractivity contribution in [3.8, 4) is 17.0 Å². The number of ether oxygens (including phenoxy) is 3. The fourth-order valence-corrected chi connectivity index (χ4v) is 6.48. The SMILES string of the molecule is COc1ccc(-c2ccc3c(N4CCOC[C@@H]4C)nc(N4CCOC[C@@H]4C)nc3n2)cc1COP(=O)(O)OP(=O)(O)O. The van der Waals surface area contributed by atoms with Gasteiger partial charge in [0.05, 0.1) is 63.3 Å². The highest BCUT2D eigenvalue weighted by Crippen LogP contribution is 2.58. The molecule has 3 atom stereocenters. The molecule has 42 heavy (non-hydrogen) atoms. The van der Waals surface area contributed by atoms with Gasteiger partial charge in [-0.25, -0.2) is 14.1 Å². The summed E-state index contributed by atoms with van der Waals surface area (Å²) in [5, 5.41) is 0.782. The lowest BCUT2D eigenvalue weighted by Crippen LogP contribution is -2.46. The quantitative estimate of drug-likeness (QED) is 0.295. The van der Waals surface area contributed by atoms with E-state index in [1.165, 1.54) is 7.11 Å². The lowest BCUT2D eigenvalue weighted by atomic mass is 10.1. The Hall–Kier alpha value is -2.71. The van der Waals surface area contributed by atoms with Gasteiger partial charge < -0.3 is 38.7 Å². The fourth-order valence-electron chi connectivity index (χ4n) is 4.92. The molecule has 2 aliphatic rings. The van der Waals surface area contributed by atoms with Crippen LogP contribution in [0.15, 0.2) is 30.3 Å². The minimum atomic E-state index is -5.26. The van der Waals surface area contributed by atoms with Crippen LogP contribution in [0.3, 0.4) is 0 Å². The van der Waals surface area contributed by atoms with Crippen molar-refractivity contribution in [3.63, 3.8) is 0 Å². The number of hydrogen-bond donors (Lipinski definition) is 3. The highest BCUT2D eigenvalue weighted by molar-refractivity contribution is 7.60. The molecule has 2 aliphatic heterocycles. The number of anilines is 2. The number of phosphoric acid groups is 2. The Bertz CT molecular complexity index is 1540. The number of pyridine rings is 1. The van der Waals surface area contributed by atoms with Gasteiger partial charge >= 0.3 is 15.6 Å². The first-order valence-electron chi connectivity index (χ1n) is 13.2. The summed E-state index contributed by atoms with van der Waals surface area (Å²) in [5.74, 6) is 1.66. The maximum atomic E-state index is 12.0. The third-order valence-corrected chi connectivity index (χ3v) is 9.09. The van der Waals surface area contributed by atoms with Gasteiger partial charge in [0.15, 0.2) is 5.65 Å². The van der Waals surface area contributed by atoms with E-state index in [-0.39, 0.29) is 12.1 Å². The molecule has 2 saturated heterocycles. The Balaban J connectivity index is 1.53. The van der Waals surface area contributed by atoms with Crippen molar-refractivity contribution >= 4 is 38.4 Å². The number of methoxy groups -OCH3 is 1. The number of hydrogen-bond acceptors (Lipinski definition) is 12. The first-order valence-corrected chi connectivity index (χ1v) is 16.3. The maximum Gasteiger partial charge on any atom is 0.481 e. The molecule has 0 spiro atoms. The van der Waals surface area contributed by atoms with Gasteiger partial charge in [0.25, 0.3) is 0 Å². The minimum Gasteiger partial charge on any atom is -0.496 e. The van der Waals surface area contributed by atoms with Gasteiger partial charge in [-0.1, -0.05) is 0 Å². The number of rotatable bonds is 9. The van der Waals surface area contributed by atoms with Crippen LogP contribution in [0.4, 0.5) is 11.8 Å². The highest BCUT2D eigenvalue weighted by atomic mass is 31.3. The van der Waals surface area contributed by atoms with Crippen LogP contribution >= 0.6 is 15.6 Å². The monoisotopic (exact) mass is 625 g/mol. The summed E-state index contributed by atoms with van der Waals surface area (Å²) in [6, 6.07) is 8.96. The molecule has 1 unspecified atom stereocenters. The average molecular weight is 626 g/mol. The second-order valence-corrected chi connectivity index (χ2v) is 12.8.